The third-order valence-corrected chi connectivity index (χ3v) is 4.35. The minimum Gasteiger partial charge on any atom is -0.353 e. The zero-order valence-corrected chi connectivity index (χ0v) is 10.8. The SMILES string of the molecule is CC(NC(=O)C1Cc2ccccc21)C1CCNC1. The fraction of sp³-hybridized carbons (Fsp3) is 0.533. The summed E-state index contributed by atoms with van der Waals surface area (Å²) in [7, 11) is 0. The van der Waals surface area contributed by atoms with Gasteiger partial charge >= 0.3 is 0 Å². The van der Waals surface area contributed by atoms with Gasteiger partial charge in [0.05, 0.1) is 5.92 Å². The van der Waals surface area contributed by atoms with E-state index in [1.54, 1.807) is 0 Å². The van der Waals surface area contributed by atoms with Gasteiger partial charge in [-0.2, -0.15) is 0 Å². The van der Waals surface area contributed by atoms with E-state index in [0.29, 0.717) is 5.92 Å². The number of amides is 1. The number of hydrogen-bond acceptors (Lipinski definition) is 2. The lowest BCUT2D eigenvalue weighted by atomic mass is 9.77. The van der Waals surface area contributed by atoms with E-state index >= 15 is 0 Å². The van der Waals surface area contributed by atoms with Gasteiger partial charge in [0.25, 0.3) is 0 Å². The molecule has 0 radical (unpaired) electrons. The van der Waals surface area contributed by atoms with Crippen LogP contribution in [0.4, 0.5) is 0 Å². The fourth-order valence-corrected chi connectivity index (χ4v) is 3.04. The zero-order chi connectivity index (χ0) is 12.5. The lowest BCUT2D eigenvalue weighted by Gasteiger charge is -2.31. The van der Waals surface area contributed by atoms with Gasteiger partial charge in [-0.25, -0.2) is 0 Å². The first-order chi connectivity index (χ1) is 8.75. The van der Waals surface area contributed by atoms with Crippen molar-refractivity contribution in [2.24, 2.45) is 5.92 Å². The van der Waals surface area contributed by atoms with Gasteiger partial charge in [0.15, 0.2) is 0 Å². The number of carbonyl (C=O) groups is 1. The Morgan fingerprint density at radius 2 is 2.28 bits per heavy atom. The molecule has 3 unspecified atom stereocenters. The van der Waals surface area contributed by atoms with E-state index in [4.69, 9.17) is 0 Å². The van der Waals surface area contributed by atoms with Crippen molar-refractivity contribution >= 4 is 5.91 Å². The van der Waals surface area contributed by atoms with Crippen LogP contribution in [0.5, 0.6) is 0 Å². The van der Waals surface area contributed by atoms with Gasteiger partial charge < -0.3 is 10.6 Å². The molecule has 0 spiro atoms. The third-order valence-electron chi connectivity index (χ3n) is 4.35. The molecule has 1 aliphatic heterocycles. The number of fused-ring (bicyclic) bond motifs is 1. The summed E-state index contributed by atoms with van der Waals surface area (Å²) in [6, 6.07) is 8.52. The highest BCUT2D eigenvalue weighted by atomic mass is 16.2. The number of carbonyl (C=O) groups excluding carboxylic acids is 1. The largest absolute Gasteiger partial charge is 0.353 e. The minimum atomic E-state index is 0.0815. The minimum absolute atomic E-state index is 0.0815. The van der Waals surface area contributed by atoms with E-state index in [0.717, 1.165) is 19.5 Å². The Kier molecular flexibility index (Phi) is 3.08. The molecule has 2 aliphatic rings. The van der Waals surface area contributed by atoms with Gasteiger partial charge in [0.2, 0.25) is 5.91 Å². The summed E-state index contributed by atoms with van der Waals surface area (Å²) in [6.07, 6.45) is 2.07. The maximum Gasteiger partial charge on any atom is 0.228 e. The first-order valence-electron chi connectivity index (χ1n) is 6.84. The quantitative estimate of drug-likeness (QED) is 0.845. The predicted molar refractivity (Wildman–Crippen MR) is 71.5 cm³/mol. The van der Waals surface area contributed by atoms with Gasteiger partial charge in [0.1, 0.15) is 0 Å². The molecule has 1 amide bonds. The lowest BCUT2D eigenvalue weighted by Crippen LogP contribution is -2.43. The first kappa shape index (κ1) is 11.7. The smallest absolute Gasteiger partial charge is 0.228 e. The number of benzene rings is 1. The number of hydrogen-bond donors (Lipinski definition) is 2. The maximum absolute atomic E-state index is 12.2. The fourth-order valence-electron chi connectivity index (χ4n) is 3.04. The van der Waals surface area contributed by atoms with Crippen LogP contribution in [0.3, 0.4) is 0 Å². The molecule has 0 aromatic heterocycles. The molecule has 18 heavy (non-hydrogen) atoms. The molecule has 3 rings (SSSR count). The van der Waals surface area contributed by atoms with Crippen LogP contribution in [0, 0.1) is 5.92 Å². The highest BCUT2D eigenvalue weighted by Gasteiger charge is 2.33. The Morgan fingerprint density at radius 3 is 3.00 bits per heavy atom. The van der Waals surface area contributed by atoms with Crippen LogP contribution < -0.4 is 10.6 Å². The molecular weight excluding hydrogens is 224 g/mol. The van der Waals surface area contributed by atoms with Crippen LogP contribution >= 0.6 is 0 Å². The van der Waals surface area contributed by atoms with Gasteiger partial charge in [-0.1, -0.05) is 24.3 Å². The summed E-state index contributed by atoms with van der Waals surface area (Å²) in [6.45, 7) is 4.24. The molecular formula is C15H20N2O. The topological polar surface area (TPSA) is 41.1 Å². The Bertz CT molecular complexity index is 452. The van der Waals surface area contributed by atoms with Crippen LogP contribution in [0.2, 0.25) is 0 Å². The molecule has 1 aromatic carbocycles. The van der Waals surface area contributed by atoms with Crippen LogP contribution in [-0.4, -0.2) is 25.0 Å². The summed E-state index contributed by atoms with van der Waals surface area (Å²) >= 11 is 0. The maximum atomic E-state index is 12.2. The molecule has 1 heterocycles. The summed E-state index contributed by atoms with van der Waals surface area (Å²) in [5.74, 6) is 0.871. The van der Waals surface area contributed by atoms with Crippen molar-refractivity contribution in [1.82, 2.24) is 10.6 Å². The van der Waals surface area contributed by atoms with Gasteiger partial charge in [-0.15, -0.1) is 0 Å². The molecule has 1 aromatic rings. The first-order valence-corrected chi connectivity index (χ1v) is 6.84. The molecule has 2 N–H and O–H groups in total. The van der Waals surface area contributed by atoms with E-state index in [1.165, 1.54) is 17.5 Å². The molecule has 3 atom stereocenters. The number of rotatable bonds is 3. The third kappa shape index (κ3) is 2.03. The van der Waals surface area contributed by atoms with Crippen LogP contribution in [0.25, 0.3) is 0 Å². The van der Waals surface area contributed by atoms with Crippen molar-refractivity contribution in [2.75, 3.05) is 13.1 Å². The van der Waals surface area contributed by atoms with Crippen molar-refractivity contribution < 1.29 is 4.79 Å². The second-order valence-corrected chi connectivity index (χ2v) is 5.51. The lowest BCUT2D eigenvalue weighted by molar-refractivity contribution is -0.124. The molecule has 0 bridgehead atoms. The van der Waals surface area contributed by atoms with E-state index in [2.05, 4.69) is 29.7 Å². The van der Waals surface area contributed by atoms with E-state index in [-0.39, 0.29) is 17.9 Å². The van der Waals surface area contributed by atoms with E-state index in [1.807, 2.05) is 12.1 Å². The normalized spacial score (nSPS) is 27.2. The van der Waals surface area contributed by atoms with Crippen LogP contribution in [0.1, 0.15) is 30.4 Å². The zero-order valence-electron chi connectivity index (χ0n) is 10.8. The second-order valence-electron chi connectivity index (χ2n) is 5.51. The standard InChI is InChI=1S/C15H20N2O/c1-10(12-6-7-16-9-12)17-15(18)14-8-11-4-2-3-5-13(11)14/h2-5,10,12,14,16H,6-9H2,1H3,(H,17,18). The van der Waals surface area contributed by atoms with Crippen molar-refractivity contribution in [3.63, 3.8) is 0 Å². The second kappa shape index (κ2) is 4.73. The molecule has 3 nitrogen and oxygen atoms in total. The van der Waals surface area contributed by atoms with E-state index < -0.39 is 0 Å². The Morgan fingerprint density at radius 1 is 1.44 bits per heavy atom. The highest BCUT2D eigenvalue weighted by molar-refractivity contribution is 5.87. The van der Waals surface area contributed by atoms with E-state index in [9.17, 15) is 4.79 Å². The number of nitrogens with one attached hydrogen (secondary N) is 2. The Hall–Kier alpha value is -1.35. The van der Waals surface area contributed by atoms with Crippen molar-refractivity contribution in [3.8, 4) is 0 Å². The Balaban J connectivity index is 1.60. The van der Waals surface area contributed by atoms with Crippen molar-refractivity contribution in [2.45, 2.75) is 31.7 Å². The average molecular weight is 244 g/mol. The molecule has 1 saturated heterocycles. The molecule has 0 saturated carbocycles. The highest BCUT2D eigenvalue weighted by Crippen LogP contribution is 2.35. The molecule has 3 heteroatoms. The predicted octanol–water partition coefficient (Wildman–Crippen LogP) is 1.44. The monoisotopic (exact) mass is 244 g/mol. The van der Waals surface area contributed by atoms with Crippen LogP contribution in [0.15, 0.2) is 24.3 Å². The summed E-state index contributed by atoms with van der Waals surface area (Å²) in [5, 5.41) is 6.53. The average Bonchev–Trinajstić information content (AvgIpc) is 2.84. The Labute approximate surface area is 108 Å². The van der Waals surface area contributed by atoms with Gasteiger partial charge in [-0.05, 0) is 49.9 Å². The van der Waals surface area contributed by atoms with Crippen molar-refractivity contribution in [1.29, 1.82) is 0 Å². The van der Waals surface area contributed by atoms with Crippen LogP contribution in [-0.2, 0) is 11.2 Å². The molecule has 1 aliphatic carbocycles. The summed E-state index contributed by atoms with van der Waals surface area (Å²) < 4.78 is 0. The van der Waals surface area contributed by atoms with Gasteiger partial charge in [-0.3, -0.25) is 4.79 Å². The molecule has 96 valence electrons. The summed E-state index contributed by atoms with van der Waals surface area (Å²) in [5.41, 5.74) is 2.54. The summed E-state index contributed by atoms with van der Waals surface area (Å²) in [4.78, 5) is 12.2. The molecule has 1 fully saturated rings. The van der Waals surface area contributed by atoms with Crippen molar-refractivity contribution in [3.05, 3.63) is 35.4 Å². The van der Waals surface area contributed by atoms with Gasteiger partial charge in [0, 0.05) is 6.04 Å².